The van der Waals surface area contributed by atoms with E-state index >= 15 is 0 Å². The van der Waals surface area contributed by atoms with Gasteiger partial charge in [-0.05, 0) is 56.9 Å². The van der Waals surface area contributed by atoms with Crippen LogP contribution in [0.1, 0.15) is 50.5 Å². The number of nitrogens with two attached hydrogens (primary N) is 2. The minimum Gasteiger partial charge on any atom is -0.507 e. The van der Waals surface area contributed by atoms with E-state index in [4.69, 9.17) is 25.4 Å². The Morgan fingerprint density at radius 1 is 1.33 bits per heavy atom. The quantitative estimate of drug-likeness (QED) is 0.196. The van der Waals surface area contributed by atoms with E-state index in [-0.39, 0.29) is 41.5 Å². The maximum absolute atomic E-state index is 13.2. The van der Waals surface area contributed by atoms with Crippen LogP contribution in [0.5, 0.6) is 11.5 Å². The number of carbonyl (C=O) groups excluding carboxylic acids is 1. The van der Waals surface area contributed by atoms with Crippen LogP contribution in [0.3, 0.4) is 0 Å². The van der Waals surface area contributed by atoms with Gasteiger partial charge in [0.15, 0.2) is 5.43 Å². The second-order valence-corrected chi connectivity index (χ2v) is 11.3. The molecular formula is C32H38N4O7. The zero-order valence-electron chi connectivity index (χ0n) is 24.5. The van der Waals surface area contributed by atoms with E-state index in [2.05, 4.69) is 10.6 Å². The summed E-state index contributed by atoms with van der Waals surface area (Å²) in [5.74, 6) is 0.0969. The van der Waals surface area contributed by atoms with Crippen LogP contribution in [0.15, 0.2) is 74.4 Å². The molecule has 1 aromatic heterocycles. The lowest BCUT2D eigenvalue weighted by molar-refractivity contribution is -0.158. The molecule has 0 saturated heterocycles. The van der Waals surface area contributed by atoms with Crippen LogP contribution in [0, 0.1) is 0 Å². The Bertz CT molecular complexity index is 1670. The van der Waals surface area contributed by atoms with Gasteiger partial charge in [-0.25, -0.2) is 4.79 Å². The number of fused-ring (bicyclic) bond motifs is 2. The average molecular weight is 591 g/mol. The monoisotopic (exact) mass is 590 g/mol. The van der Waals surface area contributed by atoms with Crippen LogP contribution in [-0.4, -0.2) is 40.6 Å². The van der Waals surface area contributed by atoms with Crippen molar-refractivity contribution >= 4 is 16.9 Å². The number of hydrogen-bond acceptors (Lipinski definition) is 11. The van der Waals surface area contributed by atoms with E-state index in [0.717, 1.165) is 17.2 Å². The van der Waals surface area contributed by atoms with Crippen LogP contribution in [0.2, 0.25) is 0 Å². The third kappa shape index (κ3) is 6.04. The molecule has 3 aliphatic heterocycles. The van der Waals surface area contributed by atoms with Gasteiger partial charge in [0.05, 0.1) is 12.0 Å². The first-order chi connectivity index (χ1) is 20.5. The van der Waals surface area contributed by atoms with Crippen molar-refractivity contribution in [2.45, 2.75) is 70.9 Å². The minimum absolute atomic E-state index is 0.0285. The second-order valence-electron chi connectivity index (χ2n) is 11.3. The molecule has 1 aromatic carbocycles. The number of allylic oxidation sites excluding steroid dienone is 5. The summed E-state index contributed by atoms with van der Waals surface area (Å²) in [6, 6.07) is 1.16. The molecule has 3 atom stereocenters. The van der Waals surface area contributed by atoms with Gasteiger partial charge in [0.1, 0.15) is 46.5 Å². The van der Waals surface area contributed by atoms with Gasteiger partial charge < -0.3 is 46.2 Å². The SMILES string of the molecule is C/C=C(/C)C(=O)O[C@@H]1Cc2c(c(CC3=CCNC(N)=C3)c3oc(CO)cc(=O)c3c2O)O[C@@]1(C)CCC1=CNC(N)C=C1. The molecule has 11 heteroatoms. The Morgan fingerprint density at radius 2 is 2.12 bits per heavy atom. The van der Waals surface area contributed by atoms with Crippen molar-refractivity contribution in [1.82, 2.24) is 10.6 Å². The number of esters is 1. The number of aliphatic hydroxyl groups is 1. The molecule has 5 rings (SSSR count). The van der Waals surface area contributed by atoms with Gasteiger partial charge >= 0.3 is 5.97 Å². The first kappa shape index (κ1) is 30.0. The molecule has 228 valence electrons. The number of rotatable bonds is 8. The molecule has 11 nitrogen and oxygen atoms in total. The first-order valence-corrected chi connectivity index (χ1v) is 14.3. The zero-order valence-corrected chi connectivity index (χ0v) is 24.5. The lowest BCUT2D eigenvalue weighted by Crippen LogP contribution is -2.51. The fourth-order valence-electron chi connectivity index (χ4n) is 5.51. The molecule has 0 saturated carbocycles. The molecule has 3 aliphatic rings. The predicted molar refractivity (Wildman–Crippen MR) is 162 cm³/mol. The number of phenols is 1. The van der Waals surface area contributed by atoms with E-state index in [9.17, 15) is 19.8 Å². The van der Waals surface area contributed by atoms with E-state index in [1.807, 2.05) is 31.4 Å². The molecule has 0 spiro atoms. The molecule has 8 N–H and O–H groups in total. The Labute approximate surface area is 249 Å². The molecule has 0 fully saturated rings. The largest absolute Gasteiger partial charge is 0.507 e. The standard InChI is InChI=1S/C32H38N4O7/c1-4-17(2)31(40)42-24-14-21-28(39)27-23(38)13-20(16-37)41-30(27)22(11-19-8-10-35-26(34)12-19)29(21)43-32(24,3)9-7-18-5-6-25(33)36-15-18/h4-6,8,12-13,15,24-25,35-37,39H,7,9-11,14,16,33-34H2,1-3H3/b17-4-/t24-,25?,32+/m1/s1. The predicted octanol–water partition coefficient (Wildman–Crippen LogP) is 2.54. The van der Waals surface area contributed by atoms with E-state index in [1.165, 1.54) is 0 Å². The van der Waals surface area contributed by atoms with Crippen LogP contribution in [0.4, 0.5) is 0 Å². The van der Waals surface area contributed by atoms with Crippen molar-refractivity contribution in [2.75, 3.05) is 6.54 Å². The van der Waals surface area contributed by atoms with Crippen molar-refractivity contribution < 1.29 is 28.9 Å². The summed E-state index contributed by atoms with van der Waals surface area (Å²) in [7, 11) is 0. The summed E-state index contributed by atoms with van der Waals surface area (Å²) in [6.07, 6.45) is 11.4. The molecule has 1 unspecified atom stereocenters. The zero-order chi connectivity index (χ0) is 30.9. The summed E-state index contributed by atoms with van der Waals surface area (Å²) >= 11 is 0. The van der Waals surface area contributed by atoms with Crippen molar-refractivity contribution in [3.05, 3.63) is 92.3 Å². The minimum atomic E-state index is -1.04. The summed E-state index contributed by atoms with van der Waals surface area (Å²) in [5.41, 5.74) is 13.7. The molecule has 0 aliphatic carbocycles. The third-order valence-corrected chi connectivity index (χ3v) is 8.19. The maximum atomic E-state index is 13.2. The Morgan fingerprint density at radius 3 is 2.79 bits per heavy atom. The number of phenolic OH excluding ortho intramolecular Hbond substituents is 1. The Kier molecular flexibility index (Phi) is 8.38. The highest BCUT2D eigenvalue weighted by molar-refractivity contribution is 5.91. The smallest absolute Gasteiger partial charge is 0.333 e. The summed E-state index contributed by atoms with van der Waals surface area (Å²) in [5, 5.41) is 27.4. The van der Waals surface area contributed by atoms with Gasteiger partial charge in [-0.3, -0.25) is 4.79 Å². The fraction of sp³-hybridized carbons (Fsp3) is 0.375. The van der Waals surface area contributed by atoms with E-state index in [1.54, 1.807) is 26.0 Å². The number of benzene rings is 1. The first-order valence-electron chi connectivity index (χ1n) is 14.3. The van der Waals surface area contributed by atoms with E-state index < -0.39 is 29.7 Å². The van der Waals surface area contributed by atoms with Crippen molar-refractivity contribution in [2.24, 2.45) is 11.5 Å². The molecule has 0 amide bonds. The lowest BCUT2D eigenvalue weighted by atomic mass is 9.82. The lowest BCUT2D eigenvalue weighted by Gasteiger charge is -2.43. The highest BCUT2D eigenvalue weighted by Crippen LogP contribution is 2.48. The highest BCUT2D eigenvalue weighted by atomic mass is 16.6. The molecule has 0 radical (unpaired) electrons. The molecule has 43 heavy (non-hydrogen) atoms. The van der Waals surface area contributed by atoms with Gasteiger partial charge in [-0.1, -0.05) is 18.2 Å². The molecule has 0 bridgehead atoms. The van der Waals surface area contributed by atoms with Crippen LogP contribution < -0.4 is 32.3 Å². The average Bonchev–Trinajstić information content (AvgIpc) is 2.99. The number of carbonyl (C=O) groups is 1. The number of aliphatic hydroxyl groups excluding tert-OH is 1. The van der Waals surface area contributed by atoms with Crippen LogP contribution in [0.25, 0.3) is 11.0 Å². The maximum Gasteiger partial charge on any atom is 0.333 e. The number of dihydropyridines is 2. The van der Waals surface area contributed by atoms with Gasteiger partial charge in [0.25, 0.3) is 0 Å². The number of ether oxygens (including phenoxy) is 2. The van der Waals surface area contributed by atoms with Crippen molar-refractivity contribution in [3.63, 3.8) is 0 Å². The number of nitrogens with one attached hydrogen (secondary N) is 2. The summed E-state index contributed by atoms with van der Waals surface area (Å²) in [4.78, 5) is 26.2. The van der Waals surface area contributed by atoms with Gasteiger partial charge in [-0.15, -0.1) is 0 Å². The third-order valence-electron chi connectivity index (χ3n) is 8.19. The van der Waals surface area contributed by atoms with Crippen LogP contribution in [-0.2, 0) is 29.0 Å². The van der Waals surface area contributed by atoms with E-state index in [0.29, 0.717) is 47.7 Å². The van der Waals surface area contributed by atoms with Gasteiger partial charge in [0, 0.05) is 48.4 Å². The fourth-order valence-corrected chi connectivity index (χ4v) is 5.51. The van der Waals surface area contributed by atoms with Gasteiger partial charge in [0.2, 0.25) is 0 Å². The topological polar surface area (TPSA) is 182 Å². The second kappa shape index (κ2) is 12.0. The molecule has 2 aromatic rings. The molecular weight excluding hydrogens is 552 g/mol. The highest BCUT2D eigenvalue weighted by Gasteiger charge is 2.46. The van der Waals surface area contributed by atoms with Gasteiger partial charge in [-0.2, -0.15) is 0 Å². The summed E-state index contributed by atoms with van der Waals surface area (Å²) in [6.45, 7) is 5.32. The Balaban J connectivity index is 1.66. The van der Waals surface area contributed by atoms with Crippen LogP contribution >= 0.6 is 0 Å². The number of aromatic hydroxyl groups is 1. The Hall–Kier alpha value is -4.48. The number of hydrogen-bond donors (Lipinski definition) is 6. The molecule has 4 heterocycles. The summed E-state index contributed by atoms with van der Waals surface area (Å²) < 4.78 is 18.8. The van der Waals surface area contributed by atoms with Crippen molar-refractivity contribution in [3.8, 4) is 11.5 Å². The normalized spacial score (nSPS) is 23.3. The van der Waals surface area contributed by atoms with Crippen molar-refractivity contribution in [1.29, 1.82) is 0 Å².